The maximum absolute atomic E-state index is 12.7. The first-order valence-electron chi connectivity index (χ1n) is 11.2. The number of rotatable bonds is 5. The average molecular weight is 433 g/mol. The standard InChI is InChI=1S/C26H28N2O4/c1-28(19-7-5-4-6-8-19)23-10-9-16(14-27-23)24-20-13-22(31-3)21(30-2)12-17(20)11-18-15-32-26(29)25(18)24/h9-14,19H,4-8,15H2,1-3H3. The molecular weight excluding hydrogens is 404 g/mol. The van der Waals surface area contributed by atoms with Crippen LogP contribution >= 0.6 is 0 Å². The Morgan fingerprint density at radius 2 is 1.75 bits per heavy atom. The van der Waals surface area contributed by atoms with Gasteiger partial charge in [0.15, 0.2) is 11.5 Å². The van der Waals surface area contributed by atoms with E-state index in [-0.39, 0.29) is 12.6 Å². The fraction of sp³-hybridized carbons (Fsp3) is 0.385. The number of pyridine rings is 1. The molecule has 0 bridgehead atoms. The van der Waals surface area contributed by atoms with Crippen LogP contribution < -0.4 is 14.4 Å². The highest BCUT2D eigenvalue weighted by molar-refractivity contribution is 6.11. The summed E-state index contributed by atoms with van der Waals surface area (Å²) in [5, 5.41) is 1.88. The minimum absolute atomic E-state index is 0.279. The van der Waals surface area contributed by atoms with Gasteiger partial charge in [-0.2, -0.15) is 0 Å². The van der Waals surface area contributed by atoms with E-state index < -0.39 is 0 Å². The summed E-state index contributed by atoms with van der Waals surface area (Å²) in [5.74, 6) is 1.93. The van der Waals surface area contributed by atoms with Crippen LogP contribution in [0.4, 0.5) is 5.82 Å². The third kappa shape index (κ3) is 3.44. The van der Waals surface area contributed by atoms with Crippen LogP contribution in [0.1, 0.15) is 48.0 Å². The second kappa shape index (κ2) is 8.34. The van der Waals surface area contributed by atoms with Crippen molar-refractivity contribution < 1.29 is 19.0 Å². The lowest BCUT2D eigenvalue weighted by Crippen LogP contribution is -2.33. The van der Waals surface area contributed by atoms with E-state index >= 15 is 0 Å². The average Bonchev–Trinajstić information content (AvgIpc) is 3.21. The quantitative estimate of drug-likeness (QED) is 0.506. The van der Waals surface area contributed by atoms with Crippen LogP contribution in [0.5, 0.6) is 11.5 Å². The largest absolute Gasteiger partial charge is 0.493 e. The number of hydrogen-bond acceptors (Lipinski definition) is 6. The van der Waals surface area contributed by atoms with E-state index in [1.54, 1.807) is 14.2 Å². The van der Waals surface area contributed by atoms with Crippen molar-refractivity contribution in [2.75, 3.05) is 26.2 Å². The summed E-state index contributed by atoms with van der Waals surface area (Å²) in [6.07, 6.45) is 8.18. The Morgan fingerprint density at radius 1 is 1.00 bits per heavy atom. The monoisotopic (exact) mass is 432 g/mol. The van der Waals surface area contributed by atoms with E-state index in [0.717, 1.165) is 33.3 Å². The fourth-order valence-corrected chi connectivity index (χ4v) is 5.05. The van der Waals surface area contributed by atoms with Crippen LogP contribution in [-0.4, -0.2) is 38.3 Å². The van der Waals surface area contributed by atoms with Gasteiger partial charge in [-0.25, -0.2) is 9.78 Å². The summed E-state index contributed by atoms with van der Waals surface area (Å²) in [5.41, 5.74) is 3.21. The van der Waals surface area contributed by atoms with Crippen molar-refractivity contribution in [2.24, 2.45) is 0 Å². The molecule has 0 spiro atoms. The van der Waals surface area contributed by atoms with Gasteiger partial charge in [-0.1, -0.05) is 19.3 Å². The first-order chi connectivity index (χ1) is 15.6. The Kier molecular flexibility index (Phi) is 5.37. The molecule has 1 aromatic heterocycles. The van der Waals surface area contributed by atoms with Crippen molar-refractivity contribution in [3.05, 3.63) is 47.7 Å². The van der Waals surface area contributed by atoms with Gasteiger partial charge >= 0.3 is 5.97 Å². The number of esters is 1. The number of ether oxygens (including phenoxy) is 3. The summed E-state index contributed by atoms with van der Waals surface area (Å²) >= 11 is 0. The number of carbonyl (C=O) groups is 1. The van der Waals surface area contributed by atoms with Crippen LogP contribution in [-0.2, 0) is 11.3 Å². The lowest BCUT2D eigenvalue weighted by atomic mass is 9.91. The summed E-state index contributed by atoms with van der Waals surface area (Å²) in [6.45, 7) is 0.279. The maximum Gasteiger partial charge on any atom is 0.339 e. The van der Waals surface area contributed by atoms with Gasteiger partial charge in [-0.15, -0.1) is 0 Å². The number of fused-ring (bicyclic) bond motifs is 2. The van der Waals surface area contributed by atoms with E-state index in [2.05, 4.69) is 24.1 Å². The van der Waals surface area contributed by atoms with Gasteiger partial charge in [0.25, 0.3) is 0 Å². The summed E-state index contributed by atoms with van der Waals surface area (Å²) in [6, 6.07) is 10.5. The molecule has 32 heavy (non-hydrogen) atoms. The molecule has 1 fully saturated rings. The van der Waals surface area contributed by atoms with Gasteiger partial charge in [0.05, 0.1) is 19.8 Å². The van der Waals surface area contributed by atoms with Crippen LogP contribution in [0.2, 0.25) is 0 Å². The molecule has 3 aromatic rings. The van der Waals surface area contributed by atoms with Crippen molar-refractivity contribution in [3.8, 4) is 22.6 Å². The van der Waals surface area contributed by atoms with Gasteiger partial charge < -0.3 is 19.1 Å². The van der Waals surface area contributed by atoms with E-state index in [0.29, 0.717) is 23.1 Å². The van der Waals surface area contributed by atoms with Gasteiger partial charge in [0.2, 0.25) is 0 Å². The Balaban J connectivity index is 1.62. The second-order valence-corrected chi connectivity index (χ2v) is 8.60. The van der Waals surface area contributed by atoms with Crippen LogP contribution in [0.3, 0.4) is 0 Å². The van der Waals surface area contributed by atoms with Gasteiger partial charge in [0.1, 0.15) is 12.4 Å². The molecule has 0 amide bonds. The highest BCUT2D eigenvalue weighted by atomic mass is 16.5. The highest BCUT2D eigenvalue weighted by Crippen LogP contribution is 2.42. The molecule has 2 aromatic carbocycles. The molecular formula is C26H28N2O4. The first kappa shape index (κ1) is 20.6. The zero-order valence-corrected chi connectivity index (χ0v) is 18.8. The number of nitrogens with zero attached hydrogens (tertiary/aromatic N) is 2. The van der Waals surface area contributed by atoms with Crippen LogP contribution in [0.25, 0.3) is 21.9 Å². The molecule has 6 heteroatoms. The molecule has 0 unspecified atom stereocenters. The third-order valence-electron chi connectivity index (χ3n) is 6.81. The minimum atomic E-state index is -0.296. The SMILES string of the molecule is COc1cc2cc3c(c(-c4ccc(N(C)C5CCCCC5)nc4)c2cc1OC)C(=O)OC3. The number of anilines is 1. The molecule has 5 rings (SSSR count). The molecule has 2 heterocycles. The molecule has 1 saturated carbocycles. The van der Waals surface area contributed by atoms with Crippen LogP contribution in [0, 0.1) is 0 Å². The number of benzene rings is 2. The number of hydrogen-bond donors (Lipinski definition) is 0. The number of carbonyl (C=O) groups excluding carboxylic acids is 1. The smallest absolute Gasteiger partial charge is 0.339 e. The molecule has 0 saturated heterocycles. The molecule has 6 nitrogen and oxygen atoms in total. The summed E-state index contributed by atoms with van der Waals surface area (Å²) < 4.78 is 16.4. The van der Waals surface area contributed by atoms with Crippen LogP contribution in [0.15, 0.2) is 36.5 Å². The Morgan fingerprint density at radius 3 is 2.44 bits per heavy atom. The van der Waals surface area contributed by atoms with Crippen molar-refractivity contribution in [3.63, 3.8) is 0 Å². The van der Waals surface area contributed by atoms with Crippen molar-refractivity contribution in [1.82, 2.24) is 4.98 Å². The number of cyclic esters (lactones) is 1. The van der Waals surface area contributed by atoms with Crippen molar-refractivity contribution in [2.45, 2.75) is 44.8 Å². The van der Waals surface area contributed by atoms with Crippen molar-refractivity contribution >= 4 is 22.6 Å². The number of aromatic nitrogens is 1. The molecule has 166 valence electrons. The zero-order valence-electron chi connectivity index (χ0n) is 18.8. The van der Waals surface area contributed by atoms with E-state index in [1.807, 2.05) is 24.4 Å². The summed E-state index contributed by atoms with van der Waals surface area (Å²) in [4.78, 5) is 19.7. The van der Waals surface area contributed by atoms with E-state index in [9.17, 15) is 4.79 Å². The maximum atomic E-state index is 12.7. The molecule has 1 aliphatic carbocycles. The third-order valence-corrected chi connectivity index (χ3v) is 6.81. The predicted molar refractivity (Wildman–Crippen MR) is 125 cm³/mol. The molecule has 0 atom stereocenters. The Hall–Kier alpha value is -3.28. The van der Waals surface area contributed by atoms with Crippen molar-refractivity contribution in [1.29, 1.82) is 0 Å². The summed E-state index contributed by atoms with van der Waals surface area (Å²) in [7, 11) is 5.36. The van der Waals surface area contributed by atoms with E-state index in [1.165, 1.54) is 32.1 Å². The lowest BCUT2D eigenvalue weighted by molar-refractivity contribution is 0.0535. The second-order valence-electron chi connectivity index (χ2n) is 8.60. The topological polar surface area (TPSA) is 60.9 Å². The molecule has 0 N–H and O–H groups in total. The molecule has 0 radical (unpaired) electrons. The Labute approximate surface area is 188 Å². The first-order valence-corrected chi connectivity index (χ1v) is 11.2. The Bertz CT molecular complexity index is 1170. The van der Waals surface area contributed by atoms with Gasteiger partial charge in [-0.3, -0.25) is 0 Å². The minimum Gasteiger partial charge on any atom is -0.493 e. The zero-order chi connectivity index (χ0) is 22.2. The highest BCUT2D eigenvalue weighted by Gasteiger charge is 2.29. The fourth-order valence-electron chi connectivity index (χ4n) is 5.05. The predicted octanol–water partition coefficient (Wildman–Crippen LogP) is 5.36. The molecule has 1 aliphatic heterocycles. The number of methoxy groups -OCH3 is 2. The van der Waals surface area contributed by atoms with E-state index in [4.69, 9.17) is 19.2 Å². The van der Waals surface area contributed by atoms with Gasteiger partial charge in [-0.05, 0) is 53.9 Å². The normalized spacial score (nSPS) is 16.0. The lowest BCUT2D eigenvalue weighted by Gasteiger charge is -2.32. The molecule has 2 aliphatic rings. The van der Waals surface area contributed by atoms with Gasteiger partial charge in [0, 0.05) is 36.0 Å².